The molecule has 4 heteroatoms. The van der Waals surface area contributed by atoms with Gasteiger partial charge in [0.25, 0.3) is 0 Å². The molecule has 1 rings (SSSR count). The lowest BCUT2D eigenvalue weighted by Gasteiger charge is -2.00. The molecule has 0 aliphatic rings. The van der Waals surface area contributed by atoms with Crippen LogP contribution < -0.4 is 11.5 Å². The molecule has 0 atom stereocenters. The van der Waals surface area contributed by atoms with E-state index in [1.54, 1.807) is 24.3 Å². The molecule has 0 unspecified atom stereocenters. The summed E-state index contributed by atoms with van der Waals surface area (Å²) in [6.45, 7) is -0.0334. The lowest BCUT2D eigenvalue weighted by molar-refractivity contribution is -0.113. The van der Waals surface area contributed by atoms with Gasteiger partial charge >= 0.3 is 0 Å². The summed E-state index contributed by atoms with van der Waals surface area (Å²) >= 11 is 5.70. The number of carbonyl (C=O) groups excluding carboxylic acids is 1. The molecule has 14 heavy (non-hydrogen) atoms. The Labute approximate surface area is 87.3 Å². The molecule has 0 bridgehead atoms. The standard InChI is InChI=1S/C10H11ClN2O/c11-8-3-1-7(2-4-8)10(13)5-9(14)6-12/h1-5H,6,12-13H2. The molecular weight excluding hydrogens is 200 g/mol. The third-order valence-corrected chi connectivity index (χ3v) is 1.95. The summed E-state index contributed by atoms with van der Waals surface area (Å²) in [6.07, 6.45) is 1.32. The van der Waals surface area contributed by atoms with Crippen LogP contribution in [0, 0.1) is 0 Å². The molecule has 1 aromatic carbocycles. The van der Waals surface area contributed by atoms with E-state index in [-0.39, 0.29) is 12.3 Å². The van der Waals surface area contributed by atoms with Crippen molar-refractivity contribution >= 4 is 23.1 Å². The number of nitrogens with two attached hydrogens (primary N) is 2. The van der Waals surface area contributed by atoms with Gasteiger partial charge in [-0.1, -0.05) is 23.7 Å². The van der Waals surface area contributed by atoms with Gasteiger partial charge in [0, 0.05) is 16.8 Å². The van der Waals surface area contributed by atoms with Gasteiger partial charge < -0.3 is 11.5 Å². The zero-order chi connectivity index (χ0) is 10.6. The summed E-state index contributed by atoms with van der Waals surface area (Å²) < 4.78 is 0. The van der Waals surface area contributed by atoms with Crippen molar-refractivity contribution in [2.75, 3.05) is 6.54 Å². The second-order valence-corrected chi connectivity index (χ2v) is 3.21. The highest BCUT2D eigenvalue weighted by Crippen LogP contribution is 2.13. The van der Waals surface area contributed by atoms with Gasteiger partial charge in [0.1, 0.15) is 0 Å². The highest BCUT2D eigenvalue weighted by atomic mass is 35.5. The third-order valence-electron chi connectivity index (χ3n) is 1.70. The van der Waals surface area contributed by atoms with E-state index in [1.807, 2.05) is 0 Å². The van der Waals surface area contributed by atoms with Gasteiger partial charge in [-0.05, 0) is 17.7 Å². The maximum Gasteiger partial charge on any atom is 0.171 e. The van der Waals surface area contributed by atoms with Crippen molar-refractivity contribution in [3.63, 3.8) is 0 Å². The number of halogens is 1. The van der Waals surface area contributed by atoms with Crippen LogP contribution >= 0.6 is 11.6 Å². The van der Waals surface area contributed by atoms with E-state index >= 15 is 0 Å². The summed E-state index contributed by atoms with van der Waals surface area (Å²) in [6, 6.07) is 6.92. The summed E-state index contributed by atoms with van der Waals surface area (Å²) in [5, 5.41) is 0.631. The van der Waals surface area contributed by atoms with E-state index in [0.717, 1.165) is 5.56 Å². The molecule has 1 aromatic rings. The number of hydrogen-bond donors (Lipinski definition) is 2. The Balaban J connectivity index is 2.89. The topological polar surface area (TPSA) is 69.1 Å². The molecular formula is C10H11ClN2O. The minimum Gasteiger partial charge on any atom is -0.398 e. The van der Waals surface area contributed by atoms with E-state index in [2.05, 4.69) is 0 Å². The predicted octanol–water partition coefficient (Wildman–Crippen LogP) is 1.17. The number of ketones is 1. The molecule has 0 saturated heterocycles. The monoisotopic (exact) mass is 210 g/mol. The average molecular weight is 211 g/mol. The Morgan fingerprint density at radius 1 is 1.36 bits per heavy atom. The van der Waals surface area contributed by atoms with Crippen LogP contribution in [-0.2, 0) is 4.79 Å². The van der Waals surface area contributed by atoms with Crippen LogP contribution in [0.4, 0.5) is 0 Å². The van der Waals surface area contributed by atoms with Crippen molar-refractivity contribution in [2.45, 2.75) is 0 Å². The molecule has 0 heterocycles. The van der Waals surface area contributed by atoms with Gasteiger partial charge in [0.05, 0.1) is 6.54 Å². The molecule has 74 valence electrons. The second kappa shape index (κ2) is 4.79. The van der Waals surface area contributed by atoms with Crippen LogP contribution in [0.15, 0.2) is 30.3 Å². The summed E-state index contributed by atoms with van der Waals surface area (Å²) in [5.41, 5.74) is 12.0. The molecule has 0 aliphatic heterocycles. The highest BCUT2D eigenvalue weighted by Gasteiger charge is 1.99. The average Bonchev–Trinajstić information content (AvgIpc) is 2.18. The minimum atomic E-state index is -0.197. The van der Waals surface area contributed by atoms with Crippen molar-refractivity contribution in [1.82, 2.24) is 0 Å². The maximum atomic E-state index is 11.0. The molecule has 3 nitrogen and oxygen atoms in total. The third kappa shape index (κ3) is 2.87. The van der Waals surface area contributed by atoms with Crippen LogP contribution in [0.3, 0.4) is 0 Å². The first kappa shape index (κ1) is 10.8. The van der Waals surface area contributed by atoms with Gasteiger partial charge in [-0.2, -0.15) is 0 Å². The van der Waals surface area contributed by atoms with Crippen molar-refractivity contribution < 1.29 is 4.79 Å². The molecule has 0 spiro atoms. The molecule has 0 aliphatic carbocycles. The van der Waals surface area contributed by atoms with Crippen LogP contribution in [0.25, 0.3) is 5.70 Å². The van der Waals surface area contributed by atoms with Crippen molar-refractivity contribution in [3.05, 3.63) is 40.9 Å². The lowest BCUT2D eigenvalue weighted by Crippen LogP contribution is -2.12. The zero-order valence-corrected chi connectivity index (χ0v) is 8.29. The smallest absolute Gasteiger partial charge is 0.171 e. The van der Waals surface area contributed by atoms with E-state index < -0.39 is 0 Å². The normalized spacial score (nSPS) is 11.4. The molecule has 0 saturated carbocycles. The number of rotatable bonds is 3. The highest BCUT2D eigenvalue weighted by molar-refractivity contribution is 6.30. The second-order valence-electron chi connectivity index (χ2n) is 2.78. The Kier molecular flexibility index (Phi) is 3.68. The lowest BCUT2D eigenvalue weighted by atomic mass is 10.1. The van der Waals surface area contributed by atoms with Crippen LogP contribution in [-0.4, -0.2) is 12.3 Å². The molecule has 0 aromatic heterocycles. The number of hydrogen-bond acceptors (Lipinski definition) is 3. The van der Waals surface area contributed by atoms with Gasteiger partial charge in [0.2, 0.25) is 0 Å². The first-order valence-corrected chi connectivity index (χ1v) is 4.47. The van der Waals surface area contributed by atoms with Gasteiger partial charge in [-0.3, -0.25) is 4.79 Å². The number of carbonyl (C=O) groups is 1. The summed E-state index contributed by atoms with van der Waals surface area (Å²) in [7, 11) is 0. The quantitative estimate of drug-likeness (QED) is 0.736. The van der Waals surface area contributed by atoms with E-state index in [9.17, 15) is 4.79 Å². The van der Waals surface area contributed by atoms with Gasteiger partial charge in [-0.25, -0.2) is 0 Å². The molecule has 4 N–H and O–H groups in total. The Bertz CT molecular complexity index is 357. The van der Waals surface area contributed by atoms with Crippen LogP contribution in [0.2, 0.25) is 5.02 Å². The largest absolute Gasteiger partial charge is 0.398 e. The minimum absolute atomic E-state index is 0.0334. The van der Waals surface area contributed by atoms with Crippen LogP contribution in [0.5, 0.6) is 0 Å². The Morgan fingerprint density at radius 3 is 2.43 bits per heavy atom. The number of benzene rings is 1. The first-order chi connectivity index (χ1) is 6.63. The predicted molar refractivity (Wildman–Crippen MR) is 57.7 cm³/mol. The SMILES string of the molecule is NCC(=O)C=C(N)c1ccc(Cl)cc1. The zero-order valence-electron chi connectivity index (χ0n) is 7.53. The van der Waals surface area contributed by atoms with E-state index in [4.69, 9.17) is 23.1 Å². The summed E-state index contributed by atoms with van der Waals surface area (Å²) in [4.78, 5) is 11.0. The molecule has 0 fully saturated rings. The van der Waals surface area contributed by atoms with E-state index in [0.29, 0.717) is 10.7 Å². The van der Waals surface area contributed by atoms with Gasteiger partial charge in [-0.15, -0.1) is 0 Å². The van der Waals surface area contributed by atoms with Crippen molar-refractivity contribution in [1.29, 1.82) is 0 Å². The van der Waals surface area contributed by atoms with E-state index in [1.165, 1.54) is 6.08 Å². The first-order valence-electron chi connectivity index (χ1n) is 4.09. The molecule has 0 amide bonds. The fourth-order valence-corrected chi connectivity index (χ4v) is 1.08. The van der Waals surface area contributed by atoms with Crippen molar-refractivity contribution in [3.8, 4) is 0 Å². The van der Waals surface area contributed by atoms with Crippen molar-refractivity contribution in [2.24, 2.45) is 11.5 Å². The Morgan fingerprint density at radius 2 is 1.93 bits per heavy atom. The maximum absolute atomic E-state index is 11.0. The van der Waals surface area contributed by atoms with Gasteiger partial charge in [0.15, 0.2) is 5.78 Å². The summed E-state index contributed by atoms with van der Waals surface area (Å²) in [5.74, 6) is -0.197. The fourth-order valence-electron chi connectivity index (χ4n) is 0.958. The Hall–Kier alpha value is -1.32. The van der Waals surface area contributed by atoms with Crippen LogP contribution in [0.1, 0.15) is 5.56 Å². The molecule has 0 radical (unpaired) electrons. The fraction of sp³-hybridized carbons (Fsp3) is 0.100.